The minimum absolute atomic E-state index is 0.0644. The van der Waals surface area contributed by atoms with Gasteiger partial charge in [0.2, 0.25) is 0 Å². The molecule has 32 heavy (non-hydrogen) atoms. The summed E-state index contributed by atoms with van der Waals surface area (Å²) in [6.07, 6.45) is 0. The molecule has 0 aromatic heterocycles. The van der Waals surface area contributed by atoms with E-state index in [4.69, 9.17) is 23.2 Å². The lowest BCUT2D eigenvalue weighted by Crippen LogP contribution is -2.28. The molecule has 3 aromatic rings. The second-order valence-electron chi connectivity index (χ2n) is 6.71. The molecule has 0 aliphatic rings. The Morgan fingerprint density at radius 3 is 2.31 bits per heavy atom. The molecular weight excluding hydrogens is 549 g/mol. The van der Waals surface area contributed by atoms with Gasteiger partial charge in [-0.2, -0.15) is 0 Å². The van der Waals surface area contributed by atoms with E-state index in [2.05, 4.69) is 26.0 Å². The molecular formula is C21H15BrCl2F2N2O3S. The van der Waals surface area contributed by atoms with Crippen LogP contribution in [0.1, 0.15) is 28.9 Å². The van der Waals surface area contributed by atoms with Gasteiger partial charge < -0.3 is 5.32 Å². The third-order valence-electron chi connectivity index (χ3n) is 4.43. The van der Waals surface area contributed by atoms with Crippen LogP contribution in [0.5, 0.6) is 0 Å². The van der Waals surface area contributed by atoms with E-state index in [1.54, 1.807) is 19.1 Å². The first-order valence-electron chi connectivity index (χ1n) is 9.02. The van der Waals surface area contributed by atoms with Crippen LogP contribution in [0, 0.1) is 11.6 Å². The average Bonchev–Trinajstić information content (AvgIpc) is 2.67. The van der Waals surface area contributed by atoms with Gasteiger partial charge in [-0.15, -0.1) is 0 Å². The smallest absolute Gasteiger partial charge is 0.267 e. The molecule has 0 saturated heterocycles. The maximum absolute atomic E-state index is 14.0. The second-order valence-corrected chi connectivity index (χ2v) is 10.1. The molecule has 0 radical (unpaired) electrons. The molecule has 0 spiro atoms. The molecule has 1 amide bonds. The minimum atomic E-state index is -4.68. The van der Waals surface area contributed by atoms with Crippen LogP contribution >= 0.6 is 39.1 Å². The lowest BCUT2D eigenvalue weighted by molar-refractivity contribution is 0.0941. The van der Waals surface area contributed by atoms with E-state index in [0.29, 0.717) is 20.1 Å². The van der Waals surface area contributed by atoms with Gasteiger partial charge in [0.05, 0.1) is 17.3 Å². The largest absolute Gasteiger partial charge is 0.345 e. The predicted molar refractivity (Wildman–Crippen MR) is 124 cm³/mol. The quantitative estimate of drug-likeness (QED) is 0.368. The summed E-state index contributed by atoms with van der Waals surface area (Å²) < 4.78 is 56.0. The lowest BCUT2D eigenvalue weighted by atomic mass is 10.1. The summed E-state index contributed by atoms with van der Waals surface area (Å²) in [5.41, 5.74) is 0.358. The average molecular weight is 564 g/mol. The Morgan fingerprint density at radius 2 is 1.69 bits per heavy atom. The van der Waals surface area contributed by atoms with Crippen molar-refractivity contribution in [2.24, 2.45) is 0 Å². The van der Waals surface area contributed by atoms with Gasteiger partial charge in [-0.1, -0.05) is 51.3 Å². The first-order valence-corrected chi connectivity index (χ1v) is 12.0. The van der Waals surface area contributed by atoms with Gasteiger partial charge in [-0.05, 0) is 55.0 Å². The molecule has 11 heteroatoms. The second kappa shape index (κ2) is 9.74. The Morgan fingerprint density at radius 1 is 1.03 bits per heavy atom. The topological polar surface area (TPSA) is 75.3 Å². The molecule has 3 rings (SSSR count). The van der Waals surface area contributed by atoms with Crippen molar-refractivity contribution in [1.29, 1.82) is 0 Å². The molecule has 0 fully saturated rings. The number of anilines is 1. The van der Waals surface area contributed by atoms with Gasteiger partial charge in [0.25, 0.3) is 15.9 Å². The number of carbonyl (C=O) groups excluding carboxylic acids is 1. The van der Waals surface area contributed by atoms with Crippen molar-refractivity contribution < 1.29 is 22.0 Å². The maximum atomic E-state index is 14.0. The Kier molecular flexibility index (Phi) is 7.44. The highest BCUT2D eigenvalue weighted by molar-refractivity contribution is 9.10. The van der Waals surface area contributed by atoms with Crippen molar-refractivity contribution in [3.05, 3.63) is 91.9 Å². The number of hydrogen-bond donors (Lipinski definition) is 2. The molecule has 0 bridgehead atoms. The van der Waals surface area contributed by atoms with Crippen LogP contribution in [0.25, 0.3) is 0 Å². The lowest BCUT2D eigenvalue weighted by Gasteiger charge is -2.18. The van der Waals surface area contributed by atoms with Crippen molar-refractivity contribution in [1.82, 2.24) is 5.32 Å². The maximum Gasteiger partial charge on any atom is 0.267 e. The van der Waals surface area contributed by atoms with Gasteiger partial charge in [-0.25, -0.2) is 17.2 Å². The van der Waals surface area contributed by atoms with Gasteiger partial charge >= 0.3 is 0 Å². The van der Waals surface area contributed by atoms with Crippen LogP contribution < -0.4 is 10.0 Å². The van der Waals surface area contributed by atoms with Crippen molar-refractivity contribution in [3.8, 4) is 0 Å². The van der Waals surface area contributed by atoms with E-state index in [1.807, 2.05) is 0 Å². The molecule has 3 aromatic carbocycles. The number of hydrogen-bond acceptors (Lipinski definition) is 3. The minimum Gasteiger partial charge on any atom is -0.345 e. The molecule has 0 aliphatic carbocycles. The number of nitrogens with one attached hydrogen (secondary N) is 2. The first-order chi connectivity index (χ1) is 15.0. The SMILES string of the molecule is CC(NC(=O)c1ccc(Br)cc1NS(=O)(=O)c1c(F)cccc1F)c1ccc(Cl)cc1Cl. The molecule has 0 saturated carbocycles. The number of carbonyl (C=O) groups is 1. The van der Waals surface area contributed by atoms with Crippen LogP contribution in [0.15, 0.2) is 64.0 Å². The zero-order valence-corrected chi connectivity index (χ0v) is 20.2. The Balaban J connectivity index is 1.93. The summed E-state index contributed by atoms with van der Waals surface area (Å²) in [4.78, 5) is 11.8. The molecule has 1 unspecified atom stereocenters. The van der Waals surface area contributed by atoms with Gasteiger partial charge in [0.15, 0.2) is 4.90 Å². The number of amides is 1. The zero-order valence-electron chi connectivity index (χ0n) is 16.3. The first kappa shape index (κ1) is 24.4. The summed E-state index contributed by atoms with van der Waals surface area (Å²) >= 11 is 15.3. The Bertz CT molecular complexity index is 1290. The zero-order chi connectivity index (χ0) is 23.6. The summed E-state index contributed by atoms with van der Waals surface area (Å²) in [5, 5.41) is 3.49. The number of sulfonamides is 1. The third kappa shape index (κ3) is 5.40. The van der Waals surface area contributed by atoms with Crippen LogP contribution in [0.2, 0.25) is 10.0 Å². The van der Waals surface area contributed by atoms with E-state index in [0.717, 1.165) is 18.2 Å². The van der Waals surface area contributed by atoms with Crippen molar-refractivity contribution >= 4 is 60.7 Å². The van der Waals surface area contributed by atoms with E-state index >= 15 is 0 Å². The number of benzene rings is 3. The fourth-order valence-corrected chi connectivity index (χ4v) is 5.08. The standard InChI is InChI=1S/C21H15BrCl2F2N2O3S/c1-11(14-8-6-13(23)10-16(14)24)27-21(29)15-7-5-12(22)9-19(15)28-32(30,31)20-17(25)3-2-4-18(20)26/h2-11,28H,1H3,(H,27,29). The molecule has 1 atom stereocenters. The number of halogens is 5. The summed E-state index contributed by atoms with van der Waals surface area (Å²) in [5.74, 6) is -3.16. The molecule has 0 heterocycles. The van der Waals surface area contributed by atoms with Crippen LogP contribution in [0.3, 0.4) is 0 Å². The molecule has 0 aliphatic heterocycles. The van der Waals surface area contributed by atoms with E-state index in [1.165, 1.54) is 24.3 Å². The fourth-order valence-electron chi connectivity index (χ4n) is 2.94. The molecule has 5 nitrogen and oxygen atoms in total. The normalized spacial score (nSPS) is 12.3. The monoisotopic (exact) mass is 562 g/mol. The Labute approximate surface area is 201 Å². The molecule has 2 N–H and O–H groups in total. The number of rotatable bonds is 6. The predicted octanol–water partition coefficient (Wildman–Crippen LogP) is 6.33. The van der Waals surface area contributed by atoms with Gasteiger partial charge in [0, 0.05) is 14.5 Å². The summed E-state index contributed by atoms with van der Waals surface area (Å²) in [6, 6.07) is 11.1. The summed E-state index contributed by atoms with van der Waals surface area (Å²) in [7, 11) is -4.68. The Hall–Kier alpha value is -2.20. The van der Waals surface area contributed by atoms with Crippen LogP contribution in [-0.2, 0) is 10.0 Å². The fraction of sp³-hybridized carbons (Fsp3) is 0.0952. The highest BCUT2D eigenvalue weighted by Gasteiger charge is 2.26. The van der Waals surface area contributed by atoms with E-state index in [-0.39, 0.29) is 11.3 Å². The van der Waals surface area contributed by atoms with Crippen molar-refractivity contribution in [2.75, 3.05) is 4.72 Å². The van der Waals surface area contributed by atoms with Crippen LogP contribution in [0.4, 0.5) is 14.5 Å². The molecule has 168 valence electrons. The van der Waals surface area contributed by atoms with Crippen LogP contribution in [-0.4, -0.2) is 14.3 Å². The highest BCUT2D eigenvalue weighted by atomic mass is 79.9. The van der Waals surface area contributed by atoms with Gasteiger partial charge in [-0.3, -0.25) is 9.52 Å². The summed E-state index contributed by atoms with van der Waals surface area (Å²) in [6.45, 7) is 1.68. The van der Waals surface area contributed by atoms with E-state index < -0.39 is 38.5 Å². The van der Waals surface area contributed by atoms with Gasteiger partial charge in [0.1, 0.15) is 11.6 Å². The van der Waals surface area contributed by atoms with Crippen molar-refractivity contribution in [3.63, 3.8) is 0 Å². The highest BCUT2D eigenvalue weighted by Crippen LogP contribution is 2.29. The van der Waals surface area contributed by atoms with E-state index in [9.17, 15) is 22.0 Å². The third-order valence-corrected chi connectivity index (χ3v) is 6.91. The van der Waals surface area contributed by atoms with Crippen molar-refractivity contribution in [2.45, 2.75) is 17.9 Å².